The minimum Gasteiger partial charge on any atom is -0.463 e. The van der Waals surface area contributed by atoms with Crippen LogP contribution in [0.1, 0.15) is 30.9 Å². The highest BCUT2D eigenvalue weighted by atomic mass is 19.2. The number of hydrogen-bond acceptors (Lipinski definition) is 3. The van der Waals surface area contributed by atoms with Crippen LogP contribution in [0.4, 0.5) is 13.2 Å². The fraction of sp³-hybridized carbons (Fsp3) is 0.438. The predicted molar refractivity (Wildman–Crippen MR) is 75.6 cm³/mol. The van der Waals surface area contributed by atoms with Crippen LogP contribution >= 0.6 is 0 Å². The maximum Gasteiger partial charge on any atom is 0.335 e. The first-order chi connectivity index (χ1) is 10.4. The van der Waals surface area contributed by atoms with E-state index in [0.717, 1.165) is 12.8 Å². The lowest BCUT2D eigenvalue weighted by Gasteiger charge is -2.12. The van der Waals surface area contributed by atoms with Crippen LogP contribution in [0.25, 0.3) is 0 Å². The molecule has 0 aromatic heterocycles. The van der Waals surface area contributed by atoms with E-state index in [1.54, 1.807) is 6.92 Å². The van der Waals surface area contributed by atoms with Gasteiger partial charge in [-0.1, -0.05) is 0 Å². The number of benzene rings is 1. The molecule has 0 unspecified atom stereocenters. The minimum atomic E-state index is -1.24. The van der Waals surface area contributed by atoms with Crippen molar-refractivity contribution in [1.29, 1.82) is 0 Å². The fourth-order valence-electron chi connectivity index (χ4n) is 2.03. The van der Waals surface area contributed by atoms with Gasteiger partial charge in [0.05, 0.1) is 12.2 Å². The highest BCUT2D eigenvalue weighted by Gasteiger charge is 2.23. The molecule has 1 saturated carbocycles. The van der Waals surface area contributed by atoms with Gasteiger partial charge in [0.1, 0.15) is 5.82 Å². The third-order valence-electron chi connectivity index (χ3n) is 3.51. The van der Waals surface area contributed by atoms with E-state index in [9.17, 15) is 18.0 Å². The molecule has 0 atom stereocenters. The van der Waals surface area contributed by atoms with Crippen LogP contribution in [0.15, 0.2) is 17.8 Å². The molecule has 1 N–H and O–H groups in total. The second-order valence-corrected chi connectivity index (χ2v) is 5.27. The fourth-order valence-corrected chi connectivity index (χ4v) is 2.03. The van der Waals surface area contributed by atoms with Crippen molar-refractivity contribution in [2.75, 3.05) is 6.61 Å². The van der Waals surface area contributed by atoms with E-state index < -0.39 is 23.4 Å². The van der Waals surface area contributed by atoms with Gasteiger partial charge in [-0.2, -0.15) is 0 Å². The molecule has 1 aliphatic carbocycles. The molecule has 6 heteroatoms. The van der Waals surface area contributed by atoms with Gasteiger partial charge in [-0.05, 0) is 37.8 Å². The number of carbonyl (C=O) groups is 1. The van der Waals surface area contributed by atoms with Crippen LogP contribution in [0.2, 0.25) is 0 Å². The Morgan fingerprint density at radius 1 is 1.36 bits per heavy atom. The Bertz CT molecular complexity index is 610. The molecule has 0 amide bonds. The summed E-state index contributed by atoms with van der Waals surface area (Å²) in [5.41, 5.74) is -0.00308. The van der Waals surface area contributed by atoms with Gasteiger partial charge >= 0.3 is 5.97 Å². The van der Waals surface area contributed by atoms with Crippen molar-refractivity contribution in [2.24, 2.45) is 0 Å². The maximum absolute atomic E-state index is 13.9. The number of rotatable bonds is 6. The number of nitrogens with one attached hydrogen (secondary N) is 1. The summed E-state index contributed by atoms with van der Waals surface area (Å²) < 4.78 is 45.6. The molecule has 120 valence electrons. The van der Waals surface area contributed by atoms with Gasteiger partial charge in [-0.25, -0.2) is 18.0 Å². The summed E-state index contributed by atoms with van der Waals surface area (Å²) in [6.45, 7) is 3.12. The first-order valence-corrected chi connectivity index (χ1v) is 7.19. The average Bonchev–Trinajstić information content (AvgIpc) is 3.28. The van der Waals surface area contributed by atoms with E-state index in [1.165, 1.54) is 13.1 Å². The number of ether oxygens (including phenoxy) is 1. The van der Waals surface area contributed by atoms with Crippen LogP contribution in [0.5, 0.6) is 0 Å². The third-order valence-corrected chi connectivity index (χ3v) is 3.51. The Morgan fingerprint density at radius 2 is 2.05 bits per heavy atom. The number of carbonyl (C=O) groups excluding carboxylic acids is 1. The predicted octanol–water partition coefficient (Wildman–Crippen LogP) is 3.15. The van der Waals surface area contributed by atoms with Crippen LogP contribution in [-0.4, -0.2) is 18.6 Å². The number of hydrogen-bond donors (Lipinski definition) is 1. The third kappa shape index (κ3) is 3.81. The van der Waals surface area contributed by atoms with Crippen molar-refractivity contribution < 1.29 is 22.7 Å². The van der Waals surface area contributed by atoms with Crippen LogP contribution in [-0.2, 0) is 16.0 Å². The lowest BCUT2D eigenvalue weighted by Crippen LogP contribution is -2.17. The SMILES string of the molecule is CCOC(=O)C(=CNC1CC1)Cc1c(F)cc(F)c(F)c1C. The van der Waals surface area contributed by atoms with Crippen LogP contribution in [0.3, 0.4) is 0 Å². The normalized spacial score (nSPS) is 14.9. The summed E-state index contributed by atoms with van der Waals surface area (Å²) in [7, 11) is 0. The highest BCUT2D eigenvalue weighted by molar-refractivity contribution is 5.89. The zero-order chi connectivity index (χ0) is 16.3. The molecule has 1 aromatic rings. The molecule has 1 aliphatic rings. The number of halogens is 3. The topological polar surface area (TPSA) is 38.3 Å². The Hall–Kier alpha value is -1.98. The summed E-state index contributed by atoms with van der Waals surface area (Å²) in [4.78, 5) is 11.9. The largest absolute Gasteiger partial charge is 0.463 e. The lowest BCUT2D eigenvalue weighted by atomic mass is 9.99. The van der Waals surface area contributed by atoms with E-state index in [4.69, 9.17) is 4.74 Å². The van der Waals surface area contributed by atoms with E-state index in [-0.39, 0.29) is 29.7 Å². The Labute approximate surface area is 127 Å². The Morgan fingerprint density at radius 3 is 2.64 bits per heavy atom. The van der Waals surface area contributed by atoms with Gasteiger partial charge in [0.2, 0.25) is 0 Å². The zero-order valence-electron chi connectivity index (χ0n) is 12.5. The van der Waals surface area contributed by atoms with Crippen molar-refractivity contribution in [3.8, 4) is 0 Å². The van der Waals surface area contributed by atoms with E-state index in [1.807, 2.05) is 0 Å². The van der Waals surface area contributed by atoms with E-state index in [2.05, 4.69) is 5.32 Å². The average molecular weight is 313 g/mol. The molecule has 0 aliphatic heterocycles. The molecular formula is C16H18F3NO2. The van der Waals surface area contributed by atoms with Crippen molar-refractivity contribution in [3.63, 3.8) is 0 Å². The van der Waals surface area contributed by atoms with Crippen LogP contribution in [0, 0.1) is 24.4 Å². The van der Waals surface area contributed by atoms with Gasteiger partial charge in [0, 0.05) is 24.7 Å². The molecule has 0 heterocycles. The molecule has 2 rings (SSSR count). The summed E-state index contributed by atoms with van der Waals surface area (Å²) >= 11 is 0. The maximum atomic E-state index is 13.9. The molecule has 3 nitrogen and oxygen atoms in total. The molecule has 0 radical (unpaired) electrons. The molecular weight excluding hydrogens is 295 g/mol. The molecule has 0 bridgehead atoms. The van der Waals surface area contributed by atoms with Gasteiger partial charge in [0.15, 0.2) is 11.6 Å². The van der Waals surface area contributed by atoms with Gasteiger partial charge in [0.25, 0.3) is 0 Å². The molecule has 0 saturated heterocycles. The number of esters is 1. The van der Waals surface area contributed by atoms with Gasteiger partial charge in [-0.3, -0.25) is 0 Å². The molecule has 1 fully saturated rings. The second-order valence-electron chi connectivity index (χ2n) is 5.27. The summed E-state index contributed by atoms with van der Waals surface area (Å²) in [5.74, 6) is -3.82. The van der Waals surface area contributed by atoms with Crippen LogP contribution < -0.4 is 5.32 Å². The van der Waals surface area contributed by atoms with E-state index in [0.29, 0.717) is 12.1 Å². The summed E-state index contributed by atoms with van der Waals surface area (Å²) in [5, 5.41) is 3.03. The smallest absolute Gasteiger partial charge is 0.335 e. The van der Waals surface area contributed by atoms with Crippen molar-refractivity contribution in [2.45, 2.75) is 39.2 Å². The quantitative estimate of drug-likeness (QED) is 0.498. The van der Waals surface area contributed by atoms with Crippen molar-refractivity contribution >= 4 is 5.97 Å². The second kappa shape index (κ2) is 6.85. The monoisotopic (exact) mass is 313 g/mol. The van der Waals surface area contributed by atoms with Crippen molar-refractivity contribution in [1.82, 2.24) is 5.32 Å². The van der Waals surface area contributed by atoms with Crippen molar-refractivity contribution in [3.05, 3.63) is 46.4 Å². The summed E-state index contributed by atoms with van der Waals surface area (Å²) in [6, 6.07) is 0.801. The first-order valence-electron chi connectivity index (χ1n) is 7.19. The molecule has 22 heavy (non-hydrogen) atoms. The summed E-state index contributed by atoms with van der Waals surface area (Å²) in [6.07, 6.45) is 3.33. The Kier molecular flexibility index (Phi) is 5.11. The highest BCUT2D eigenvalue weighted by Crippen LogP contribution is 2.24. The lowest BCUT2D eigenvalue weighted by molar-refractivity contribution is -0.138. The molecule has 0 spiro atoms. The minimum absolute atomic E-state index is 0.0456. The van der Waals surface area contributed by atoms with E-state index >= 15 is 0 Å². The standard InChI is InChI=1S/C16H18F3NO2/c1-3-22-16(21)10(8-20-11-4-5-11)6-12-9(2)15(19)14(18)7-13(12)17/h7-8,11,20H,3-6H2,1-2H3. The molecule has 1 aromatic carbocycles. The van der Waals surface area contributed by atoms with Gasteiger partial charge in [-0.15, -0.1) is 0 Å². The Balaban J connectivity index is 2.28. The first kappa shape index (κ1) is 16.4. The zero-order valence-corrected chi connectivity index (χ0v) is 12.5. The van der Waals surface area contributed by atoms with Gasteiger partial charge < -0.3 is 10.1 Å².